The predicted octanol–water partition coefficient (Wildman–Crippen LogP) is 5.79. The number of ether oxygens (including phenoxy) is 1. The first-order valence-electron chi connectivity index (χ1n) is 12.5. The molecule has 0 aliphatic rings. The number of likely N-dealkylation sites (N-methyl/N-ethyl adjacent to an activating group) is 1. The minimum atomic E-state index is -4.27. The lowest BCUT2D eigenvalue weighted by molar-refractivity contribution is -0.139. The van der Waals surface area contributed by atoms with Crippen molar-refractivity contribution in [3.8, 4) is 5.75 Å². The average Bonchev–Trinajstić information content (AvgIpc) is 2.92. The molecule has 1 unspecified atom stereocenters. The van der Waals surface area contributed by atoms with Crippen molar-refractivity contribution in [3.05, 3.63) is 87.4 Å². The van der Waals surface area contributed by atoms with E-state index in [4.69, 9.17) is 39.5 Å². The zero-order chi connectivity index (χ0) is 29.4. The molecule has 8 nitrogen and oxygen atoms in total. The van der Waals surface area contributed by atoms with E-state index < -0.39 is 34.4 Å². The van der Waals surface area contributed by atoms with E-state index in [-0.39, 0.29) is 34.5 Å². The third-order valence-corrected chi connectivity index (χ3v) is 8.73. The average molecular weight is 627 g/mol. The van der Waals surface area contributed by atoms with Crippen LogP contribution < -0.4 is 14.4 Å². The van der Waals surface area contributed by atoms with Gasteiger partial charge in [-0.05, 0) is 74.9 Å². The second kappa shape index (κ2) is 14.1. The quantitative estimate of drug-likeness (QED) is 0.274. The van der Waals surface area contributed by atoms with Gasteiger partial charge in [0.2, 0.25) is 11.8 Å². The molecule has 0 saturated heterocycles. The van der Waals surface area contributed by atoms with Gasteiger partial charge < -0.3 is 15.0 Å². The molecule has 214 valence electrons. The maximum absolute atomic E-state index is 14.0. The molecule has 0 aromatic heterocycles. The molecular formula is C28H30Cl3N3O5S. The Labute approximate surface area is 249 Å². The third-order valence-electron chi connectivity index (χ3n) is 5.97. The van der Waals surface area contributed by atoms with E-state index in [0.29, 0.717) is 22.2 Å². The van der Waals surface area contributed by atoms with E-state index in [0.717, 1.165) is 4.31 Å². The second-order valence-corrected chi connectivity index (χ2v) is 11.8. The Hall–Kier alpha value is -2.98. The molecule has 0 bridgehead atoms. The summed E-state index contributed by atoms with van der Waals surface area (Å²) in [5.74, 6) is -0.727. The predicted molar refractivity (Wildman–Crippen MR) is 159 cm³/mol. The van der Waals surface area contributed by atoms with Gasteiger partial charge in [0.15, 0.2) is 0 Å². The maximum atomic E-state index is 14.0. The van der Waals surface area contributed by atoms with Gasteiger partial charge in [-0.2, -0.15) is 0 Å². The first-order valence-corrected chi connectivity index (χ1v) is 15.1. The van der Waals surface area contributed by atoms with Crippen molar-refractivity contribution in [2.45, 2.75) is 38.3 Å². The van der Waals surface area contributed by atoms with Gasteiger partial charge in [0.05, 0.1) is 27.2 Å². The molecule has 0 saturated carbocycles. The molecule has 0 heterocycles. The summed E-state index contributed by atoms with van der Waals surface area (Å²) < 4.78 is 34.6. The number of amides is 2. The summed E-state index contributed by atoms with van der Waals surface area (Å²) in [6.45, 7) is 5.12. The van der Waals surface area contributed by atoms with Crippen molar-refractivity contribution in [1.29, 1.82) is 0 Å². The monoisotopic (exact) mass is 625 g/mol. The Bertz CT molecular complexity index is 1450. The van der Waals surface area contributed by atoms with Crippen molar-refractivity contribution in [3.63, 3.8) is 0 Å². The highest BCUT2D eigenvalue weighted by atomic mass is 35.5. The van der Waals surface area contributed by atoms with Crippen molar-refractivity contribution >= 4 is 62.3 Å². The molecule has 1 N–H and O–H groups in total. The van der Waals surface area contributed by atoms with Gasteiger partial charge in [0.1, 0.15) is 18.3 Å². The highest BCUT2D eigenvalue weighted by Crippen LogP contribution is 2.33. The van der Waals surface area contributed by atoms with Crippen molar-refractivity contribution in [2.24, 2.45) is 0 Å². The largest absolute Gasteiger partial charge is 0.492 e. The molecular weight excluding hydrogens is 597 g/mol. The molecule has 40 heavy (non-hydrogen) atoms. The lowest BCUT2D eigenvalue weighted by Crippen LogP contribution is -2.51. The number of para-hydroxylation sites is 2. The SMILES string of the molecule is CCNC(=O)C(C)N(Cc1ccc(Cl)c(Cl)c1)C(=O)CN(c1ccccc1OCC)S(=O)(=O)c1ccc(Cl)cc1. The Morgan fingerprint density at radius 2 is 1.62 bits per heavy atom. The summed E-state index contributed by atoms with van der Waals surface area (Å²) in [6, 6.07) is 16.1. The molecule has 3 rings (SSSR count). The van der Waals surface area contributed by atoms with Crippen LogP contribution in [0.2, 0.25) is 15.1 Å². The van der Waals surface area contributed by atoms with E-state index in [2.05, 4.69) is 5.32 Å². The molecule has 3 aromatic carbocycles. The van der Waals surface area contributed by atoms with Crippen LogP contribution in [-0.2, 0) is 26.2 Å². The van der Waals surface area contributed by atoms with Gasteiger partial charge in [-0.1, -0.05) is 53.0 Å². The van der Waals surface area contributed by atoms with Crippen LogP contribution in [-0.4, -0.2) is 50.9 Å². The zero-order valence-electron chi connectivity index (χ0n) is 22.2. The summed E-state index contributed by atoms with van der Waals surface area (Å²) in [5, 5.41) is 3.70. The fourth-order valence-corrected chi connectivity index (χ4v) is 5.80. The molecule has 0 fully saturated rings. The van der Waals surface area contributed by atoms with Gasteiger partial charge >= 0.3 is 0 Å². The highest BCUT2D eigenvalue weighted by molar-refractivity contribution is 7.92. The van der Waals surface area contributed by atoms with Gasteiger partial charge in [-0.25, -0.2) is 8.42 Å². The van der Waals surface area contributed by atoms with Gasteiger partial charge in [0, 0.05) is 18.1 Å². The van der Waals surface area contributed by atoms with Crippen LogP contribution >= 0.6 is 34.8 Å². The molecule has 1 atom stereocenters. The molecule has 0 aliphatic carbocycles. The lowest BCUT2D eigenvalue weighted by atomic mass is 10.1. The number of anilines is 1. The molecule has 2 amide bonds. The van der Waals surface area contributed by atoms with Crippen LogP contribution in [0.5, 0.6) is 5.75 Å². The number of hydrogen-bond acceptors (Lipinski definition) is 5. The molecule has 0 aliphatic heterocycles. The van der Waals surface area contributed by atoms with Crippen molar-refractivity contribution in [1.82, 2.24) is 10.2 Å². The summed E-state index contributed by atoms with van der Waals surface area (Å²) in [5.41, 5.74) is 0.786. The number of nitrogens with zero attached hydrogens (tertiary/aromatic N) is 2. The number of halogens is 3. The van der Waals surface area contributed by atoms with Crippen molar-refractivity contribution < 1.29 is 22.7 Å². The first kappa shape index (κ1) is 31.5. The minimum absolute atomic E-state index is 0.0179. The Morgan fingerprint density at radius 1 is 0.950 bits per heavy atom. The number of benzene rings is 3. The summed E-state index contributed by atoms with van der Waals surface area (Å²) in [7, 11) is -4.27. The van der Waals surface area contributed by atoms with Gasteiger partial charge in [-0.3, -0.25) is 13.9 Å². The first-order chi connectivity index (χ1) is 19.0. The van der Waals surface area contributed by atoms with E-state index in [9.17, 15) is 18.0 Å². The summed E-state index contributed by atoms with van der Waals surface area (Å²) in [4.78, 5) is 28.0. The number of hydrogen-bond donors (Lipinski definition) is 1. The number of carbonyl (C=O) groups excluding carboxylic acids is 2. The Morgan fingerprint density at radius 3 is 2.25 bits per heavy atom. The van der Waals surface area contributed by atoms with Gasteiger partial charge in [0.25, 0.3) is 10.0 Å². The molecule has 0 radical (unpaired) electrons. The Balaban J connectivity index is 2.09. The zero-order valence-corrected chi connectivity index (χ0v) is 25.3. The van der Waals surface area contributed by atoms with Crippen LogP contribution in [0.4, 0.5) is 5.69 Å². The van der Waals surface area contributed by atoms with Crippen LogP contribution in [0.1, 0.15) is 26.3 Å². The lowest BCUT2D eigenvalue weighted by Gasteiger charge is -2.32. The van der Waals surface area contributed by atoms with E-state index in [1.165, 1.54) is 29.2 Å². The molecule has 0 spiro atoms. The second-order valence-electron chi connectivity index (χ2n) is 8.71. The topological polar surface area (TPSA) is 96.0 Å². The van der Waals surface area contributed by atoms with E-state index in [1.807, 2.05) is 0 Å². The minimum Gasteiger partial charge on any atom is -0.492 e. The highest BCUT2D eigenvalue weighted by Gasteiger charge is 2.33. The maximum Gasteiger partial charge on any atom is 0.264 e. The van der Waals surface area contributed by atoms with E-state index in [1.54, 1.807) is 63.2 Å². The number of rotatable bonds is 12. The van der Waals surface area contributed by atoms with E-state index >= 15 is 0 Å². The number of carbonyl (C=O) groups is 2. The molecule has 3 aromatic rings. The van der Waals surface area contributed by atoms with Crippen LogP contribution in [0, 0.1) is 0 Å². The number of sulfonamides is 1. The molecule has 12 heteroatoms. The Kier molecular flexibility index (Phi) is 11.1. The fourth-order valence-electron chi connectivity index (χ4n) is 3.93. The standard InChI is InChI=1S/C28H30Cl3N3O5S/c1-4-32-28(36)19(3)33(17-20-10-15-23(30)24(31)16-20)27(35)18-34(25-8-6-7-9-26(25)39-5-2)40(37,38)22-13-11-21(29)12-14-22/h6-16,19H,4-5,17-18H2,1-3H3,(H,32,36). The van der Waals surface area contributed by atoms with Crippen LogP contribution in [0.15, 0.2) is 71.6 Å². The smallest absolute Gasteiger partial charge is 0.264 e. The normalized spacial score (nSPS) is 11.9. The fraction of sp³-hybridized carbons (Fsp3) is 0.286. The summed E-state index contributed by atoms with van der Waals surface area (Å²) >= 11 is 18.2. The summed E-state index contributed by atoms with van der Waals surface area (Å²) in [6.07, 6.45) is 0. The van der Waals surface area contributed by atoms with Gasteiger partial charge in [-0.15, -0.1) is 0 Å². The van der Waals surface area contributed by atoms with Crippen LogP contribution in [0.3, 0.4) is 0 Å². The van der Waals surface area contributed by atoms with Crippen LogP contribution in [0.25, 0.3) is 0 Å². The third kappa shape index (κ3) is 7.60. The number of nitrogens with one attached hydrogen (secondary N) is 1. The van der Waals surface area contributed by atoms with Crippen molar-refractivity contribution in [2.75, 3.05) is 24.0 Å².